The van der Waals surface area contributed by atoms with E-state index in [-0.39, 0.29) is 11.8 Å². The summed E-state index contributed by atoms with van der Waals surface area (Å²) in [6.45, 7) is 2.31. The van der Waals surface area contributed by atoms with Crippen LogP contribution in [-0.2, 0) is 11.2 Å². The number of benzene rings is 2. The third kappa shape index (κ3) is 4.43. The van der Waals surface area contributed by atoms with Crippen LogP contribution >= 0.6 is 11.3 Å². The number of nitrogens with one attached hydrogen (secondary N) is 1. The number of carbonyl (C=O) groups excluding carboxylic acids is 2. The second kappa shape index (κ2) is 9.73. The van der Waals surface area contributed by atoms with E-state index in [0.717, 1.165) is 38.4 Å². The Kier molecular flexibility index (Phi) is 6.36. The molecule has 2 aromatic heterocycles. The lowest BCUT2D eigenvalue weighted by molar-refractivity contribution is -0.132. The summed E-state index contributed by atoms with van der Waals surface area (Å²) in [5, 5.41) is 3.06. The normalized spacial score (nSPS) is 13.9. The number of H-pyrrole nitrogens is 1. The van der Waals surface area contributed by atoms with Crippen molar-refractivity contribution < 1.29 is 14.3 Å². The summed E-state index contributed by atoms with van der Waals surface area (Å²) in [6, 6.07) is 19.9. The Hall–Kier alpha value is -3.58. The minimum atomic E-state index is 0.0602. The first-order valence-electron chi connectivity index (χ1n) is 11.5. The van der Waals surface area contributed by atoms with Crippen molar-refractivity contribution in [2.75, 3.05) is 33.3 Å². The van der Waals surface area contributed by atoms with Crippen LogP contribution in [0.3, 0.4) is 0 Å². The van der Waals surface area contributed by atoms with Crippen LogP contribution in [0.15, 0.2) is 66.0 Å². The van der Waals surface area contributed by atoms with Gasteiger partial charge in [-0.05, 0) is 59.3 Å². The van der Waals surface area contributed by atoms with E-state index in [9.17, 15) is 9.59 Å². The molecule has 7 heteroatoms. The maximum Gasteiger partial charge on any atom is 0.264 e. The van der Waals surface area contributed by atoms with E-state index >= 15 is 0 Å². The molecule has 0 radical (unpaired) electrons. The number of aromatic nitrogens is 1. The van der Waals surface area contributed by atoms with E-state index in [1.54, 1.807) is 7.11 Å². The number of aromatic amines is 1. The molecule has 2 amide bonds. The van der Waals surface area contributed by atoms with Crippen molar-refractivity contribution in [2.24, 2.45) is 0 Å². The van der Waals surface area contributed by atoms with Gasteiger partial charge in [0.05, 0.1) is 12.0 Å². The van der Waals surface area contributed by atoms with E-state index in [0.29, 0.717) is 39.0 Å². The standard InChI is InChI=1S/C27H27N3O3S/c1-33-20-10-8-19(9-11-20)26-22(21-5-2-3-6-23(21)28-26)12-13-25(31)29-14-16-30(17-15-29)27(32)24-7-4-18-34-24/h2-11,18,28H,12-17H2,1H3. The van der Waals surface area contributed by atoms with Gasteiger partial charge in [-0.1, -0.05) is 24.3 Å². The molecule has 6 nitrogen and oxygen atoms in total. The summed E-state index contributed by atoms with van der Waals surface area (Å²) >= 11 is 1.46. The van der Waals surface area contributed by atoms with Crippen molar-refractivity contribution in [3.63, 3.8) is 0 Å². The molecule has 0 saturated carbocycles. The van der Waals surface area contributed by atoms with Gasteiger partial charge in [0, 0.05) is 49.2 Å². The Labute approximate surface area is 202 Å². The van der Waals surface area contributed by atoms with Gasteiger partial charge in [-0.15, -0.1) is 11.3 Å². The van der Waals surface area contributed by atoms with E-state index in [4.69, 9.17) is 4.74 Å². The first-order chi connectivity index (χ1) is 16.6. The third-order valence-corrected chi connectivity index (χ3v) is 7.29. The molecule has 5 rings (SSSR count). The number of hydrogen-bond donors (Lipinski definition) is 1. The van der Waals surface area contributed by atoms with E-state index < -0.39 is 0 Å². The number of ether oxygens (including phenoxy) is 1. The van der Waals surface area contributed by atoms with Gasteiger partial charge in [0.1, 0.15) is 5.75 Å². The maximum atomic E-state index is 13.1. The average molecular weight is 474 g/mol. The van der Waals surface area contributed by atoms with Crippen molar-refractivity contribution in [3.8, 4) is 17.0 Å². The number of amides is 2. The highest BCUT2D eigenvalue weighted by atomic mass is 32.1. The molecule has 0 spiro atoms. The Morgan fingerprint density at radius 2 is 1.68 bits per heavy atom. The Bertz CT molecular complexity index is 1290. The fraction of sp³-hybridized carbons (Fsp3) is 0.259. The Balaban J connectivity index is 1.27. The van der Waals surface area contributed by atoms with Crippen LogP contribution in [0.2, 0.25) is 0 Å². The molecule has 0 aliphatic carbocycles. The first-order valence-corrected chi connectivity index (χ1v) is 12.4. The minimum Gasteiger partial charge on any atom is -0.497 e. The molecule has 0 bridgehead atoms. The fourth-order valence-electron chi connectivity index (χ4n) is 4.57. The lowest BCUT2D eigenvalue weighted by Gasteiger charge is -2.34. The van der Waals surface area contributed by atoms with Crippen molar-refractivity contribution in [1.29, 1.82) is 0 Å². The van der Waals surface area contributed by atoms with Crippen LogP contribution in [0.4, 0.5) is 0 Å². The number of hydrogen-bond acceptors (Lipinski definition) is 4. The summed E-state index contributed by atoms with van der Waals surface area (Å²) < 4.78 is 5.30. The molecule has 34 heavy (non-hydrogen) atoms. The van der Waals surface area contributed by atoms with Crippen molar-refractivity contribution in [2.45, 2.75) is 12.8 Å². The Morgan fingerprint density at radius 3 is 2.38 bits per heavy atom. The average Bonchev–Trinajstić information content (AvgIpc) is 3.55. The summed E-state index contributed by atoms with van der Waals surface area (Å²) in [7, 11) is 1.66. The smallest absolute Gasteiger partial charge is 0.264 e. The topological polar surface area (TPSA) is 65.6 Å². The lowest BCUT2D eigenvalue weighted by Crippen LogP contribution is -2.50. The van der Waals surface area contributed by atoms with Crippen molar-refractivity contribution in [3.05, 3.63) is 76.5 Å². The van der Waals surface area contributed by atoms with Crippen LogP contribution in [0.25, 0.3) is 22.2 Å². The molecule has 1 aliphatic heterocycles. The number of thiophene rings is 1. The van der Waals surface area contributed by atoms with Gasteiger partial charge >= 0.3 is 0 Å². The predicted molar refractivity (Wildman–Crippen MR) is 135 cm³/mol. The van der Waals surface area contributed by atoms with E-state index in [1.165, 1.54) is 11.3 Å². The zero-order valence-electron chi connectivity index (χ0n) is 19.1. The lowest BCUT2D eigenvalue weighted by atomic mass is 10.0. The highest BCUT2D eigenvalue weighted by molar-refractivity contribution is 7.12. The fourth-order valence-corrected chi connectivity index (χ4v) is 5.26. The van der Waals surface area contributed by atoms with Gasteiger partial charge in [-0.2, -0.15) is 0 Å². The molecule has 2 aromatic carbocycles. The molecular weight excluding hydrogens is 446 g/mol. The van der Waals surface area contributed by atoms with E-state index in [1.807, 2.05) is 63.7 Å². The van der Waals surface area contributed by atoms with Crippen LogP contribution < -0.4 is 4.74 Å². The number of carbonyl (C=O) groups is 2. The molecule has 1 saturated heterocycles. The zero-order valence-corrected chi connectivity index (χ0v) is 19.9. The zero-order chi connectivity index (χ0) is 23.5. The van der Waals surface area contributed by atoms with Crippen molar-refractivity contribution >= 4 is 34.1 Å². The summed E-state index contributed by atoms with van der Waals surface area (Å²) in [5.41, 5.74) is 4.33. The van der Waals surface area contributed by atoms with Crippen LogP contribution in [0, 0.1) is 0 Å². The highest BCUT2D eigenvalue weighted by Gasteiger charge is 2.25. The third-order valence-electron chi connectivity index (χ3n) is 6.43. The quantitative estimate of drug-likeness (QED) is 0.437. The SMILES string of the molecule is COc1ccc(-c2[nH]c3ccccc3c2CCC(=O)N2CCN(C(=O)c3cccs3)CC2)cc1. The molecule has 0 unspecified atom stereocenters. The number of rotatable bonds is 6. The number of nitrogens with zero attached hydrogens (tertiary/aromatic N) is 2. The monoisotopic (exact) mass is 473 g/mol. The first kappa shape index (κ1) is 22.2. The van der Waals surface area contributed by atoms with Gasteiger partial charge in [0.25, 0.3) is 5.91 Å². The number of piperazine rings is 1. The maximum absolute atomic E-state index is 13.1. The second-order valence-electron chi connectivity index (χ2n) is 8.40. The molecule has 174 valence electrons. The van der Waals surface area contributed by atoms with Gasteiger partial charge in [0.15, 0.2) is 0 Å². The van der Waals surface area contributed by atoms with Crippen LogP contribution in [-0.4, -0.2) is 59.9 Å². The molecule has 1 N–H and O–H groups in total. The molecular formula is C27H27N3O3S. The van der Waals surface area contributed by atoms with Gasteiger partial charge in [0.2, 0.25) is 5.91 Å². The molecule has 0 atom stereocenters. The van der Waals surface area contributed by atoms with Gasteiger partial charge in [-0.25, -0.2) is 0 Å². The predicted octanol–water partition coefficient (Wildman–Crippen LogP) is 4.82. The van der Waals surface area contributed by atoms with Gasteiger partial charge < -0.3 is 19.5 Å². The summed E-state index contributed by atoms with van der Waals surface area (Å²) in [5.74, 6) is 1.01. The number of para-hydroxylation sites is 1. The highest BCUT2D eigenvalue weighted by Crippen LogP contribution is 2.32. The number of methoxy groups -OCH3 is 1. The second-order valence-corrected chi connectivity index (χ2v) is 9.35. The van der Waals surface area contributed by atoms with Crippen LogP contribution in [0.5, 0.6) is 5.75 Å². The largest absolute Gasteiger partial charge is 0.497 e. The number of fused-ring (bicyclic) bond motifs is 1. The summed E-state index contributed by atoms with van der Waals surface area (Å²) in [6.07, 6.45) is 1.09. The Morgan fingerprint density at radius 1 is 0.941 bits per heavy atom. The van der Waals surface area contributed by atoms with Gasteiger partial charge in [-0.3, -0.25) is 9.59 Å². The van der Waals surface area contributed by atoms with Crippen LogP contribution in [0.1, 0.15) is 21.7 Å². The minimum absolute atomic E-state index is 0.0602. The molecule has 3 heterocycles. The molecule has 1 aliphatic rings. The van der Waals surface area contributed by atoms with E-state index in [2.05, 4.69) is 17.1 Å². The number of aryl methyl sites for hydroxylation is 1. The van der Waals surface area contributed by atoms with Crippen molar-refractivity contribution in [1.82, 2.24) is 14.8 Å². The molecule has 1 fully saturated rings. The molecule has 4 aromatic rings. The summed E-state index contributed by atoms with van der Waals surface area (Å²) in [4.78, 5) is 33.7.